The Hall–Kier alpha value is -1.36. The third kappa shape index (κ3) is 3.71. The van der Waals surface area contributed by atoms with Gasteiger partial charge >= 0.3 is 0 Å². The highest BCUT2D eigenvalue weighted by Gasteiger charge is 1.85. The Kier molecular flexibility index (Phi) is 3.98. The summed E-state index contributed by atoms with van der Waals surface area (Å²) in [4.78, 5) is 4.04. The molecule has 0 aliphatic carbocycles. The molecule has 0 spiro atoms. The molecule has 5 heteroatoms. The van der Waals surface area contributed by atoms with Gasteiger partial charge in [0.25, 0.3) is 0 Å². The Bertz CT molecular complexity index is 307. The number of rotatable bonds is 2. The molecule has 2 N–H and O–H groups in total. The molecule has 1 heterocycles. The Morgan fingerprint density at radius 1 is 1.62 bits per heavy atom. The van der Waals surface area contributed by atoms with Gasteiger partial charge in [0.1, 0.15) is 0 Å². The molecule has 1 aromatic rings. The average molecular weight is 194 g/mol. The zero-order chi connectivity index (χ0) is 9.52. The van der Waals surface area contributed by atoms with Gasteiger partial charge in [0.2, 0.25) is 0 Å². The molecule has 0 amide bonds. The third-order valence-electron chi connectivity index (χ3n) is 1.24. The Morgan fingerprint density at radius 3 is 3.08 bits per heavy atom. The molecule has 0 aliphatic heterocycles. The second-order valence-corrected chi connectivity index (χ2v) is 2.97. The second kappa shape index (κ2) is 5.31. The molecular formula is C8H10N4S. The van der Waals surface area contributed by atoms with E-state index in [-0.39, 0.29) is 0 Å². The van der Waals surface area contributed by atoms with Gasteiger partial charge in [0.05, 0.1) is 11.9 Å². The molecule has 4 nitrogen and oxygen atoms in total. The quantitative estimate of drug-likeness (QED) is 0.435. The first kappa shape index (κ1) is 9.73. The van der Waals surface area contributed by atoms with Gasteiger partial charge in [0.15, 0.2) is 5.17 Å². The van der Waals surface area contributed by atoms with Gasteiger partial charge in [-0.3, -0.25) is 4.98 Å². The van der Waals surface area contributed by atoms with Gasteiger partial charge in [-0.05, 0) is 18.4 Å². The van der Waals surface area contributed by atoms with Crippen LogP contribution >= 0.6 is 11.8 Å². The van der Waals surface area contributed by atoms with Crippen LogP contribution < -0.4 is 5.73 Å². The minimum Gasteiger partial charge on any atom is -0.377 e. The maximum absolute atomic E-state index is 5.42. The highest BCUT2D eigenvalue weighted by atomic mass is 32.2. The number of hydrogen-bond acceptors (Lipinski definition) is 4. The van der Waals surface area contributed by atoms with Crippen LogP contribution in [0, 0.1) is 0 Å². The highest BCUT2D eigenvalue weighted by molar-refractivity contribution is 8.13. The predicted molar refractivity (Wildman–Crippen MR) is 57.0 cm³/mol. The third-order valence-corrected chi connectivity index (χ3v) is 1.74. The molecule has 0 saturated heterocycles. The lowest BCUT2D eigenvalue weighted by atomic mass is 10.4. The maximum Gasteiger partial charge on any atom is 0.180 e. The molecule has 1 aromatic heterocycles. The van der Waals surface area contributed by atoms with E-state index >= 15 is 0 Å². The van der Waals surface area contributed by atoms with Crippen molar-refractivity contribution in [3.63, 3.8) is 0 Å². The first-order chi connectivity index (χ1) is 6.33. The van der Waals surface area contributed by atoms with Crippen molar-refractivity contribution in [1.29, 1.82) is 0 Å². The first-order valence-electron chi connectivity index (χ1n) is 3.64. The number of thioether (sulfide) groups is 1. The van der Waals surface area contributed by atoms with Crippen LogP contribution in [0.25, 0.3) is 0 Å². The zero-order valence-corrected chi connectivity index (χ0v) is 8.03. The number of amidine groups is 1. The van der Waals surface area contributed by atoms with Crippen LogP contribution in [0.2, 0.25) is 0 Å². The molecule has 0 atom stereocenters. The highest BCUT2D eigenvalue weighted by Crippen LogP contribution is 1.92. The number of nitrogens with two attached hydrogens (primary N) is 1. The molecule has 0 radical (unpaired) electrons. The van der Waals surface area contributed by atoms with Crippen molar-refractivity contribution in [2.75, 3.05) is 6.26 Å². The molecule has 0 fully saturated rings. The number of pyridine rings is 1. The number of hydrogen-bond donors (Lipinski definition) is 1. The van der Waals surface area contributed by atoms with Gasteiger partial charge in [0, 0.05) is 6.20 Å². The fourth-order valence-electron chi connectivity index (χ4n) is 0.638. The van der Waals surface area contributed by atoms with Crippen molar-refractivity contribution in [3.8, 4) is 0 Å². The van der Waals surface area contributed by atoms with E-state index in [1.54, 1.807) is 12.4 Å². The molecule has 0 unspecified atom stereocenters. The summed E-state index contributed by atoms with van der Waals surface area (Å²) in [6, 6.07) is 5.57. The van der Waals surface area contributed by atoms with Crippen LogP contribution in [0.1, 0.15) is 5.69 Å². The molecular weight excluding hydrogens is 184 g/mol. The Labute approximate surface area is 81.0 Å². The molecule has 0 aliphatic rings. The fraction of sp³-hybridized carbons (Fsp3) is 0.125. The van der Waals surface area contributed by atoms with E-state index in [4.69, 9.17) is 5.73 Å². The topological polar surface area (TPSA) is 63.6 Å². The summed E-state index contributed by atoms with van der Waals surface area (Å²) in [5.74, 6) is 0. The molecule has 13 heavy (non-hydrogen) atoms. The van der Waals surface area contributed by atoms with Gasteiger partial charge < -0.3 is 5.73 Å². The molecule has 0 aromatic carbocycles. The van der Waals surface area contributed by atoms with E-state index in [0.717, 1.165) is 5.69 Å². The van der Waals surface area contributed by atoms with E-state index in [0.29, 0.717) is 5.17 Å². The lowest BCUT2D eigenvalue weighted by molar-refractivity contribution is 1.23. The largest absolute Gasteiger partial charge is 0.377 e. The molecule has 1 rings (SSSR count). The van der Waals surface area contributed by atoms with Gasteiger partial charge in [-0.1, -0.05) is 17.8 Å². The monoisotopic (exact) mass is 194 g/mol. The van der Waals surface area contributed by atoms with Crippen LogP contribution in [0.5, 0.6) is 0 Å². The van der Waals surface area contributed by atoms with Crippen molar-refractivity contribution in [1.82, 2.24) is 4.98 Å². The van der Waals surface area contributed by atoms with Crippen LogP contribution in [0.3, 0.4) is 0 Å². The molecule has 68 valence electrons. The Balaban J connectivity index is 2.60. The lowest BCUT2D eigenvalue weighted by Crippen LogP contribution is -2.03. The summed E-state index contributed by atoms with van der Waals surface area (Å²) in [6.07, 6.45) is 5.10. The minimum atomic E-state index is 0.437. The van der Waals surface area contributed by atoms with Crippen LogP contribution in [0.4, 0.5) is 0 Å². The van der Waals surface area contributed by atoms with Crippen LogP contribution in [-0.2, 0) is 0 Å². The second-order valence-electron chi connectivity index (χ2n) is 2.14. The van der Waals surface area contributed by atoms with Crippen molar-refractivity contribution in [2.24, 2.45) is 15.9 Å². The van der Waals surface area contributed by atoms with E-state index < -0.39 is 0 Å². The zero-order valence-electron chi connectivity index (χ0n) is 7.21. The van der Waals surface area contributed by atoms with E-state index in [1.807, 2.05) is 24.5 Å². The van der Waals surface area contributed by atoms with Crippen LogP contribution in [-0.4, -0.2) is 22.6 Å². The number of aromatic nitrogens is 1. The predicted octanol–water partition coefficient (Wildman–Crippen LogP) is 1.09. The summed E-state index contributed by atoms with van der Waals surface area (Å²) in [7, 11) is 0. The van der Waals surface area contributed by atoms with Gasteiger partial charge in [-0.2, -0.15) is 5.10 Å². The normalized spacial score (nSPS) is 12.2. The van der Waals surface area contributed by atoms with Crippen molar-refractivity contribution >= 4 is 23.1 Å². The molecule has 0 bridgehead atoms. The summed E-state index contributed by atoms with van der Waals surface area (Å²) in [6.45, 7) is 0. The molecule has 0 saturated carbocycles. The van der Waals surface area contributed by atoms with E-state index in [1.165, 1.54) is 11.8 Å². The van der Waals surface area contributed by atoms with Gasteiger partial charge in [-0.25, -0.2) is 0 Å². The fourth-order valence-corrected chi connectivity index (χ4v) is 0.767. The first-order valence-corrected chi connectivity index (χ1v) is 4.87. The van der Waals surface area contributed by atoms with E-state index in [9.17, 15) is 0 Å². The van der Waals surface area contributed by atoms with Crippen LogP contribution in [0.15, 0.2) is 34.6 Å². The standard InChI is InChI=1S/C8H10N4S/c1-13-8(9)12-11-6-7-4-2-3-5-10-7/h2-6H,1H3,(H2,9,12)/b11-6-. The Morgan fingerprint density at radius 2 is 2.46 bits per heavy atom. The summed E-state index contributed by atoms with van der Waals surface area (Å²) >= 11 is 1.35. The van der Waals surface area contributed by atoms with Crippen molar-refractivity contribution in [3.05, 3.63) is 30.1 Å². The smallest absolute Gasteiger partial charge is 0.180 e. The average Bonchev–Trinajstić information content (AvgIpc) is 2.19. The number of nitrogens with zero attached hydrogens (tertiary/aromatic N) is 3. The van der Waals surface area contributed by atoms with Crippen molar-refractivity contribution in [2.45, 2.75) is 0 Å². The summed E-state index contributed by atoms with van der Waals surface area (Å²) in [5.41, 5.74) is 6.18. The summed E-state index contributed by atoms with van der Waals surface area (Å²) in [5, 5.41) is 7.93. The van der Waals surface area contributed by atoms with E-state index in [2.05, 4.69) is 15.2 Å². The van der Waals surface area contributed by atoms with Crippen molar-refractivity contribution < 1.29 is 0 Å². The minimum absolute atomic E-state index is 0.437. The maximum atomic E-state index is 5.42. The summed E-state index contributed by atoms with van der Waals surface area (Å²) < 4.78 is 0. The lowest BCUT2D eigenvalue weighted by Gasteiger charge is -1.89. The SMILES string of the molecule is CS/C(N)=N/N=C\c1ccccn1. The van der Waals surface area contributed by atoms with Gasteiger partial charge in [-0.15, -0.1) is 5.10 Å².